The topological polar surface area (TPSA) is 53.1 Å². The third-order valence-corrected chi connectivity index (χ3v) is 6.52. The SMILES string of the molecule is COCC(C)N1CCCN(S(=O)(=O)N2CCCCC2)CC1. The second kappa shape index (κ2) is 7.87. The summed E-state index contributed by atoms with van der Waals surface area (Å²) in [5.74, 6) is 0. The van der Waals surface area contributed by atoms with Crippen LogP contribution in [-0.4, -0.2) is 81.0 Å². The summed E-state index contributed by atoms with van der Waals surface area (Å²) < 4.78 is 34.0. The van der Waals surface area contributed by atoms with Gasteiger partial charge in [0.1, 0.15) is 0 Å². The van der Waals surface area contributed by atoms with Crippen LogP contribution in [0.25, 0.3) is 0 Å². The van der Waals surface area contributed by atoms with Crippen molar-refractivity contribution >= 4 is 10.2 Å². The molecule has 1 unspecified atom stereocenters. The normalized spacial score (nSPS) is 25.6. The van der Waals surface area contributed by atoms with E-state index in [9.17, 15) is 8.42 Å². The van der Waals surface area contributed by atoms with Crippen LogP contribution in [0.1, 0.15) is 32.6 Å². The molecule has 2 saturated heterocycles. The summed E-state index contributed by atoms with van der Waals surface area (Å²) in [7, 11) is -1.55. The molecule has 0 bridgehead atoms. The minimum atomic E-state index is -3.26. The fraction of sp³-hybridized carbons (Fsp3) is 1.00. The molecule has 0 radical (unpaired) electrons. The van der Waals surface area contributed by atoms with Crippen LogP contribution >= 0.6 is 0 Å². The summed E-state index contributed by atoms with van der Waals surface area (Å²) >= 11 is 0. The predicted molar refractivity (Wildman–Crippen MR) is 83.4 cm³/mol. The highest BCUT2D eigenvalue weighted by Crippen LogP contribution is 2.18. The number of hydrogen-bond acceptors (Lipinski definition) is 4. The Labute approximate surface area is 129 Å². The quantitative estimate of drug-likeness (QED) is 0.751. The second-order valence-electron chi connectivity index (χ2n) is 6.06. The van der Waals surface area contributed by atoms with Gasteiger partial charge in [0.05, 0.1) is 6.61 Å². The lowest BCUT2D eigenvalue weighted by Gasteiger charge is -2.32. The van der Waals surface area contributed by atoms with E-state index in [-0.39, 0.29) is 0 Å². The Hall–Kier alpha value is -0.210. The van der Waals surface area contributed by atoms with Crippen LogP contribution in [0, 0.1) is 0 Å². The Bertz CT molecular complexity index is 410. The van der Waals surface area contributed by atoms with Crippen LogP contribution in [0.3, 0.4) is 0 Å². The first-order valence-corrected chi connectivity index (χ1v) is 9.43. The maximum atomic E-state index is 12.7. The smallest absolute Gasteiger partial charge is 0.282 e. The Morgan fingerprint density at radius 1 is 0.905 bits per heavy atom. The van der Waals surface area contributed by atoms with Crippen LogP contribution < -0.4 is 0 Å². The molecule has 0 aromatic carbocycles. The van der Waals surface area contributed by atoms with Gasteiger partial charge in [-0.2, -0.15) is 17.0 Å². The standard InChI is InChI=1S/C14H29N3O3S/c1-14(13-20-2)15-7-6-10-17(12-11-15)21(18,19)16-8-4-3-5-9-16/h14H,3-13H2,1-2H3. The van der Waals surface area contributed by atoms with Gasteiger partial charge in [-0.3, -0.25) is 4.90 Å². The van der Waals surface area contributed by atoms with Crippen molar-refractivity contribution in [1.29, 1.82) is 0 Å². The lowest BCUT2D eigenvalue weighted by molar-refractivity contribution is 0.103. The molecule has 0 spiro atoms. The van der Waals surface area contributed by atoms with Crippen molar-refractivity contribution in [3.05, 3.63) is 0 Å². The highest BCUT2D eigenvalue weighted by atomic mass is 32.2. The van der Waals surface area contributed by atoms with Gasteiger partial charge < -0.3 is 4.74 Å². The molecule has 0 aromatic heterocycles. The van der Waals surface area contributed by atoms with Gasteiger partial charge in [0, 0.05) is 45.9 Å². The molecule has 2 aliphatic rings. The largest absolute Gasteiger partial charge is 0.383 e. The van der Waals surface area contributed by atoms with Gasteiger partial charge in [-0.1, -0.05) is 6.42 Å². The van der Waals surface area contributed by atoms with Crippen molar-refractivity contribution < 1.29 is 13.2 Å². The molecule has 0 N–H and O–H groups in total. The highest BCUT2D eigenvalue weighted by Gasteiger charge is 2.32. The van der Waals surface area contributed by atoms with Crippen molar-refractivity contribution in [1.82, 2.24) is 13.5 Å². The maximum absolute atomic E-state index is 12.7. The summed E-state index contributed by atoms with van der Waals surface area (Å²) in [4.78, 5) is 2.33. The molecule has 1 atom stereocenters. The van der Waals surface area contributed by atoms with Gasteiger partial charge in [0.2, 0.25) is 0 Å². The van der Waals surface area contributed by atoms with Crippen LogP contribution in [0.4, 0.5) is 0 Å². The molecular formula is C14H29N3O3S. The lowest BCUT2D eigenvalue weighted by Crippen LogP contribution is -2.47. The predicted octanol–water partition coefficient (Wildman–Crippen LogP) is 0.760. The van der Waals surface area contributed by atoms with E-state index in [0.29, 0.717) is 38.8 Å². The van der Waals surface area contributed by atoms with E-state index in [4.69, 9.17) is 4.74 Å². The van der Waals surface area contributed by atoms with Gasteiger partial charge in [0.15, 0.2) is 0 Å². The van der Waals surface area contributed by atoms with Crippen molar-refractivity contribution in [3.8, 4) is 0 Å². The van der Waals surface area contributed by atoms with E-state index in [1.54, 1.807) is 15.7 Å². The summed E-state index contributed by atoms with van der Waals surface area (Å²) in [5, 5.41) is 0. The van der Waals surface area contributed by atoms with Gasteiger partial charge in [-0.25, -0.2) is 0 Å². The third kappa shape index (κ3) is 4.39. The number of rotatable bonds is 5. The zero-order chi connectivity index (χ0) is 15.3. The number of hydrogen-bond donors (Lipinski definition) is 0. The maximum Gasteiger partial charge on any atom is 0.282 e. The molecule has 0 amide bonds. The van der Waals surface area contributed by atoms with Crippen LogP contribution in [0.2, 0.25) is 0 Å². The summed E-state index contributed by atoms with van der Waals surface area (Å²) in [6.45, 7) is 7.15. The zero-order valence-corrected chi connectivity index (χ0v) is 14.1. The molecular weight excluding hydrogens is 290 g/mol. The fourth-order valence-electron chi connectivity index (χ4n) is 3.19. The van der Waals surface area contributed by atoms with E-state index in [0.717, 1.165) is 38.8 Å². The molecule has 124 valence electrons. The average molecular weight is 319 g/mol. The number of ether oxygens (including phenoxy) is 1. The number of methoxy groups -OCH3 is 1. The third-order valence-electron chi connectivity index (χ3n) is 4.49. The Balaban J connectivity index is 1.95. The molecule has 2 aliphatic heterocycles. The minimum absolute atomic E-state index is 0.340. The summed E-state index contributed by atoms with van der Waals surface area (Å²) in [6.07, 6.45) is 4.02. The van der Waals surface area contributed by atoms with Crippen LogP contribution in [-0.2, 0) is 14.9 Å². The van der Waals surface area contributed by atoms with Crippen LogP contribution in [0.15, 0.2) is 0 Å². The first kappa shape index (κ1) is 17.1. The number of piperidine rings is 1. The molecule has 0 saturated carbocycles. The Kier molecular flexibility index (Phi) is 6.43. The highest BCUT2D eigenvalue weighted by molar-refractivity contribution is 7.86. The second-order valence-corrected chi connectivity index (χ2v) is 7.99. The van der Waals surface area contributed by atoms with Crippen molar-refractivity contribution in [2.75, 3.05) is 53.0 Å². The fourth-order valence-corrected chi connectivity index (χ4v) is 4.91. The molecule has 0 aromatic rings. The lowest BCUT2D eigenvalue weighted by atomic mass is 10.2. The van der Waals surface area contributed by atoms with E-state index in [1.807, 2.05) is 0 Å². The zero-order valence-electron chi connectivity index (χ0n) is 13.3. The molecule has 2 heterocycles. The molecule has 2 rings (SSSR count). The minimum Gasteiger partial charge on any atom is -0.383 e. The first-order chi connectivity index (χ1) is 10.1. The summed E-state index contributed by atoms with van der Waals surface area (Å²) in [5.41, 5.74) is 0. The Morgan fingerprint density at radius 3 is 2.19 bits per heavy atom. The van der Waals surface area contributed by atoms with Crippen molar-refractivity contribution in [2.45, 2.75) is 38.6 Å². The van der Waals surface area contributed by atoms with E-state index < -0.39 is 10.2 Å². The molecule has 6 nitrogen and oxygen atoms in total. The molecule has 2 fully saturated rings. The monoisotopic (exact) mass is 319 g/mol. The van der Waals surface area contributed by atoms with E-state index in [2.05, 4.69) is 11.8 Å². The summed E-state index contributed by atoms with van der Waals surface area (Å²) in [6, 6.07) is 0.340. The van der Waals surface area contributed by atoms with Crippen molar-refractivity contribution in [3.63, 3.8) is 0 Å². The van der Waals surface area contributed by atoms with Gasteiger partial charge >= 0.3 is 0 Å². The van der Waals surface area contributed by atoms with E-state index in [1.165, 1.54) is 0 Å². The average Bonchev–Trinajstić information content (AvgIpc) is 2.75. The van der Waals surface area contributed by atoms with Crippen LogP contribution in [0.5, 0.6) is 0 Å². The van der Waals surface area contributed by atoms with Crippen molar-refractivity contribution in [2.24, 2.45) is 0 Å². The van der Waals surface area contributed by atoms with Gasteiger partial charge in [0.25, 0.3) is 10.2 Å². The van der Waals surface area contributed by atoms with Gasteiger partial charge in [-0.15, -0.1) is 0 Å². The van der Waals surface area contributed by atoms with Gasteiger partial charge in [-0.05, 0) is 32.7 Å². The molecule has 0 aliphatic carbocycles. The first-order valence-electron chi connectivity index (χ1n) is 8.04. The van der Waals surface area contributed by atoms with E-state index >= 15 is 0 Å². The molecule has 21 heavy (non-hydrogen) atoms. The number of nitrogens with zero attached hydrogens (tertiary/aromatic N) is 3. The Morgan fingerprint density at radius 2 is 1.52 bits per heavy atom. The molecule has 7 heteroatoms.